The molecule has 0 radical (unpaired) electrons. The van der Waals surface area contributed by atoms with Crippen LogP contribution in [0.25, 0.3) is 0 Å². The van der Waals surface area contributed by atoms with Gasteiger partial charge in [0.05, 0.1) is 10.7 Å². The van der Waals surface area contributed by atoms with Gasteiger partial charge in [0.2, 0.25) is 0 Å². The molecule has 13 heteroatoms. The third-order valence-electron chi connectivity index (χ3n) is 11.7. The monoisotopic (exact) mass is 696 g/mol. The topological polar surface area (TPSA) is 153 Å². The van der Waals surface area contributed by atoms with Crippen molar-refractivity contribution in [1.29, 1.82) is 0 Å². The largest absolute Gasteiger partial charge is 0.748 e. The summed E-state index contributed by atoms with van der Waals surface area (Å²) in [6, 6.07) is 4.62. The zero-order valence-corrected chi connectivity index (χ0v) is 28.9. The maximum atomic E-state index is 13.3. The second-order valence-corrected chi connectivity index (χ2v) is 20.5. The van der Waals surface area contributed by atoms with E-state index in [2.05, 4.69) is 26.0 Å². The Bertz CT molecular complexity index is 1550. The van der Waals surface area contributed by atoms with Crippen molar-refractivity contribution in [3.05, 3.63) is 23.3 Å². The van der Waals surface area contributed by atoms with Crippen LogP contribution < -0.4 is 4.74 Å². The van der Waals surface area contributed by atoms with Crippen molar-refractivity contribution >= 4 is 43.1 Å². The standard InChI is InChI=1S/C24H33O2S.C9H12O8S2/c1-16-8-21(27-6-4-3-5-7-27)9-17(2)22(16)26-23(25)24-13-18-10-19(14-24)12-20(11-18)15-24;10-7(3-18(11,12)13)16-8-4-1-5-6(2-4)19(14,15)17-9(5)8/h8-9,18-20H,3-7,10-15H2,1-2H3;4-6,8-9H,1-3H2,(H,11,12,13)/q+1;/p-1. The summed E-state index contributed by atoms with van der Waals surface area (Å²) in [5.41, 5.74) is 2.14. The van der Waals surface area contributed by atoms with Gasteiger partial charge < -0.3 is 14.0 Å². The highest BCUT2D eigenvalue weighted by Crippen LogP contribution is 2.60. The van der Waals surface area contributed by atoms with Crippen LogP contribution in [0.3, 0.4) is 0 Å². The van der Waals surface area contributed by atoms with E-state index in [0.717, 1.165) is 53.9 Å². The Morgan fingerprint density at radius 3 is 2.11 bits per heavy atom. The van der Waals surface area contributed by atoms with Crippen molar-refractivity contribution in [2.75, 3.05) is 17.3 Å². The van der Waals surface area contributed by atoms with Crippen LogP contribution >= 0.6 is 0 Å². The fraction of sp³-hybridized carbons (Fsp3) is 0.758. The summed E-state index contributed by atoms with van der Waals surface area (Å²) in [6.45, 7) is 4.26. The first-order chi connectivity index (χ1) is 21.7. The fourth-order valence-corrected chi connectivity index (χ4v) is 14.9. The van der Waals surface area contributed by atoms with Crippen LogP contribution in [-0.2, 0) is 49.6 Å². The molecule has 2 heterocycles. The smallest absolute Gasteiger partial charge is 0.320 e. The maximum Gasteiger partial charge on any atom is 0.320 e. The van der Waals surface area contributed by atoms with Crippen molar-refractivity contribution in [3.63, 3.8) is 0 Å². The summed E-state index contributed by atoms with van der Waals surface area (Å²) in [4.78, 5) is 26.1. The van der Waals surface area contributed by atoms with Gasteiger partial charge in [-0.15, -0.1) is 0 Å². The molecule has 10 nitrogen and oxygen atoms in total. The summed E-state index contributed by atoms with van der Waals surface area (Å²) in [5.74, 6) is 3.20. The Morgan fingerprint density at radius 2 is 1.54 bits per heavy atom. The lowest BCUT2D eigenvalue weighted by atomic mass is 9.49. The summed E-state index contributed by atoms with van der Waals surface area (Å²) in [5, 5.41) is -0.541. The van der Waals surface area contributed by atoms with E-state index in [1.807, 2.05) is 0 Å². The van der Waals surface area contributed by atoms with Crippen LogP contribution in [0, 0.1) is 48.9 Å². The number of ether oxygens (including phenoxy) is 2. The van der Waals surface area contributed by atoms with Crippen LogP contribution in [0.5, 0.6) is 5.75 Å². The van der Waals surface area contributed by atoms with Crippen molar-refractivity contribution in [2.45, 2.75) is 107 Å². The Kier molecular flexibility index (Phi) is 8.59. The molecular formula is C33H44O10S3. The number of carbonyl (C=O) groups excluding carboxylic acids is 2. The van der Waals surface area contributed by atoms with Gasteiger partial charge in [-0.3, -0.25) is 13.8 Å². The SMILES string of the molecule is Cc1cc([S+]2CCCCC2)cc(C)c1OC(=O)C12CC3CC(CC(C3)C1)C2.O=C(CS(=O)(=O)[O-])OC1C2CC3C1OS(=O)(=O)C3C2. The van der Waals surface area contributed by atoms with Gasteiger partial charge >= 0.3 is 11.9 Å². The van der Waals surface area contributed by atoms with Gasteiger partial charge in [-0.25, -0.2) is 8.42 Å². The van der Waals surface area contributed by atoms with Crippen LogP contribution in [0.15, 0.2) is 17.0 Å². The Balaban J connectivity index is 0.000000157. The minimum Gasteiger partial charge on any atom is -0.748 e. The van der Waals surface area contributed by atoms with Crippen LogP contribution in [-0.4, -0.2) is 68.0 Å². The van der Waals surface area contributed by atoms with E-state index in [1.54, 1.807) is 0 Å². The molecule has 5 atom stereocenters. The van der Waals surface area contributed by atoms with E-state index in [9.17, 15) is 31.0 Å². The average Bonchev–Trinajstić information content (AvgIpc) is 3.59. The second kappa shape index (κ2) is 12.0. The number of aryl methyl sites for hydroxylation is 2. The third-order valence-corrected chi connectivity index (χ3v) is 16.5. The Morgan fingerprint density at radius 1 is 0.957 bits per heavy atom. The molecule has 6 saturated carbocycles. The molecule has 2 aliphatic heterocycles. The second-order valence-electron chi connectivity index (χ2n) is 15.1. The quantitative estimate of drug-likeness (QED) is 0.139. The normalized spacial score (nSPS) is 38.3. The van der Waals surface area contributed by atoms with Gasteiger partial charge in [-0.05, 0) is 125 Å². The lowest BCUT2D eigenvalue weighted by molar-refractivity contribution is -0.161. The van der Waals surface area contributed by atoms with Crippen LogP contribution in [0.2, 0.25) is 0 Å². The summed E-state index contributed by atoms with van der Waals surface area (Å²) >= 11 is 0. The van der Waals surface area contributed by atoms with Crippen molar-refractivity contribution in [1.82, 2.24) is 0 Å². The fourth-order valence-electron chi connectivity index (χ4n) is 10.2. The molecule has 0 spiro atoms. The molecule has 0 aromatic heterocycles. The van der Waals surface area contributed by atoms with E-state index in [0.29, 0.717) is 23.7 Å². The molecule has 8 aliphatic rings. The molecule has 8 fully saturated rings. The summed E-state index contributed by atoms with van der Waals surface area (Å²) in [6.07, 6.45) is 10.9. The van der Waals surface area contributed by atoms with Crippen molar-refractivity contribution < 1.29 is 44.6 Å². The first kappa shape index (κ1) is 32.9. The van der Waals surface area contributed by atoms with Gasteiger partial charge in [0, 0.05) is 22.7 Å². The van der Waals surface area contributed by atoms with Gasteiger partial charge in [0.25, 0.3) is 10.1 Å². The number of esters is 2. The number of benzene rings is 1. The lowest BCUT2D eigenvalue weighted by Crippen LogP contribution is -2.51. The molecule has 6 bridgehead atoms. The van der Waals surface area contributed by atoms with Crippen LogP contribution in [0.1, 0.15) is 81.8 Å². The molecule has 46 heavy (non-hydrogen) atoms. The number of hydrogen-bond acceptors (Lipinski definition) is 10. The molecule has 1 aromatic rings. The van der Waals surface area contributed by atoms with Crippen molar-refractivity contribution in [3.8, 4) is 5.75 Å². The highest BCUT2D eigenvalue weighted by molar-refractivity contribution is 7.97. The number of carbonyl (C=O) groups is 2. The Hall–Kier alpha value is -1.67. The first-order valence-electron chi connectivity index (χ1n) is 16.8. The number of fused-ring (bicyclic) bond motifs is 1. The Labute approximate surface area is 274 Å². The average molecular weight is 697 g/mol. The zero-order valence-electron chi connectivity index (χ0n) is 26.5. The predicted octanol–water partition coefficient (Wildman–Crippen LogP) is 4.17. The zero-order chi connectivity index (χ0) is 32.6. The van der Waals surface area contributed by atoms with E-state index in [1.165, 1.54) is 54.9 Å². The first-order valence-corrected chi connectivity index (χ1v) is 21.4. The molecule has 0 N–H and O–H groups in total. The van der Waals surface area contributed by atoms with E-state index < -0.39 is 49.4 Å². The molecule has 254 valence electrons. The lowest BCUT2D eigenvalue weighted by Gasteiger charge is -2.55. The molecule has 5 unspecified atom stereocenters. The highest BCUT2D eigenvalue weighted by atomic mass is 32.2. The maximum absolute atomic E-state index is 13.3. The van der Waals surface area contributed by atoms with Crippen LogP contribution in [0.4, 0.5) is 0 Å². The van der Waals surface area contributed by atoms with E-state index in [-0.39, 0.29) is 23.2 Å². The van der Waals surface area contributed by atoms with Crippen molar-refractivity contribution in [2.24, 2.45) is 35.0 Å². The van der Waals surface area contributed by atoms with Gasteiger partial charge in [0.1, 0.15) is 45.3 Å². The molecular weight excluding hydrogens is 653 g/mol. The van der Waals surface area contributed by atoms with E-state index in [4.69, 9.17) is 13.7 Å². The molecule has 0 amide bonds. The summed E-state index contributed by atoms with van der Waals surface area (Å²) < 4.78 is 70.7. The van der Waals surface area contributed by atoms with Gasteiger partial charge in [-0.1, -0.05) is 0 Å². The third kappa shape index (κ3) is 6.28. The minimum atomic E-state index is -4.70. The number of rotatable bonds is 6. The van der Waals surface area contributed by atoms with Gasteiger partial charge in [0.15, 0.2) is 4.90 Å². The molecule has 1 aromatic carbocycles. The minimum absolute atomic E-state index is 0.0839. The summed E-state index contributed by atoms with van der Waals surface area (Å²) in [7, 11) is -7.90. The molecule has 9 rings (SSSR count). The predicted molar refractivity (Wildman–Crippen MR) is 170 cm³/mol. The molecule has 2 saturated heterocycles. The molecule has 6 aliphatic carbocycles. The number of hydrogen-bond donors (Lipinski definition) is 0. The highest BCUT2D eigenvalue weighted by Gasteiger charge is 2.65. The van der Waals surface area contributed by atoms with Gasteiger partial charge in [-0.2, -0.15) is 8.42 Å². The van der Waals surface area contributed by atoms with E-state index >= 15 is 0 Å².